The second-order valence-electron chi connectivity index (χ2n) is 6.45. The lowest BCUT2D eigenvalue weighted by molar-refractivity contribution is -0.153. The Morgan fingerprint density at radius 1 is 1.45 bits per heavy atom. The molecule has 2 aliphatic rings. The van der Waals surface area contributed by atoms with E-state index in [1.807, 2.05) is 13.8 Å². The second kappa shape index (κ2) is 5.72. The van der Waals surface area contributed by atoms with Gasteiger partial charge in [0.2, 0.25) is 5.91 Å². The van der Waals surface area contributed by atoms with Crippen molar-refractivity contribution < 1.29 is 19.4 Å². The lowest BCUT2D eigenvalue weighted by Crippen LogP contribution is -2.52. The number of aliphatic hydroxyl groups excluding tert-OH is 1. The molecule has 0 aromatic rings. The first-order valence-electron chi connectivity index (χ1n) is 7.49. The SMILES string of the molecule is CCC(NC(=O)C1(C)CC2CCC1C2)C(O)C(=O)OC. The number of amides is 1. The lowest BCUT2D eigenvalue weighted by Gasteiger charge is -2.34. The first-order valence-corrected chi connectivity index (χ1v) is 7.49. The molecule has 5 nitrogen and oxygen atoms in total. The molecule has 2 saturated carbocycles. The molecular weight excluding hydrogens is 258 g/mol. The summed E-state index contributed by atoms with van der Waals surface area (Å²) in [5.41, 5.74) is -0.341. The Labute approximate surface area is 120 Å². The van der Waals surface area contributed by atoms with Crippen molar-refractivity contribution in [3.8, 4) is 0 Å². The van der Waals surface area contributed by atoms with E-state index in [9.17, 15) is 14.7 Å². The third-order valence-corrected chi connectivity index (χ3v) is 5.25. The maximum atomic E-state index is 12.6. The average Bonchev–Trinajstić information content (AvgIpc) is 3.03. The Morgan fingerprint density at radius 2 is 2.15 bits per heavy atom. The van der Waals surface area contributed by atoms with Crippen LogP contribution in [0.4, 0.5) is 0 Å². The summed E-state index contributed by atoms with van der Waals surface area (Å²) in [6.07, 6.45) is 3.61. The zero-order valence-corrected chi connectivity index (χ0v) is 12.5. The fraction of sp³-hybridized carbons (Fsp3) is 0.867. The first-order chi connectivity index (χ1) is 9.42. The van der Waals surface area contributed by atoms with Gasteiger partial charge in [0.1, 0.15) is 0 Å². The van der Waals surface area contributed by atoms with E-state index in [2.05, 4.69) is 10.1 Å². The molecule has 0 heterocycles. The van der Waals surface area contributed by atoms with Crippen LogP contribution in [0.1, 0.15) is 46.0 Å². The molecule has 0 spiro atoms. The molecule has 114 valence electrons. The van der Waals surface area contributed by atoms with Crippen LogP contribution in [0.2, 0.25) is 0 Å². The van der Waals surface area contributed by atoms with E-state index >= 15 is 0 Å². The third-order valence-electron chi connectivity index (χ3n) is 5.25. The summed E-state index contributed by atoms with van der Waals surface area (Å²) in [6.45, 7) is 3.85. The standard InChI is InChI=1S/C15H25NO4/c1-4-11(12(17)13(18)20-3)16-14(19)15(2)8-9-5-6-10(15)7-9/h9-12,17H,4-8H2,1-3H3,(H,16,19). The zero-order chi connectivity index (χ0) is 14.9. The number of esters is 1. The Balaban J connectivity index is 2.01. The average molecular weight is 283 g/mol. The predicted octanol–water partition coefficient (Wildman–Crippen LogP) is 1.24. The van der Waals surface area contributed by atoms with Gasteiger partial charge in [0.25, 0.3) is 0 Å². The fourth-order valence-corrected chi connectivity index (χ4v) is 3.91. The highest BCUT2D eigenvalue weighted by Crippen LogP contribution is 2.55. The molecule has 20 heavy (non-hydrogen) atoms. The predicted molar refractivity (Wildman–Crippen MR) is 73.8 cm³/mol. The first kappa shape index (κ1) is 15.3. The van der Waals surface area contributed by atoms with Crippen LogP contribution in [0.25, 0.3) is 0 Å². The van der Waals surface area contributed by atoms with E-state index in [-0.39, 0.29) is 11.3 Å². The molecule has 2 N–H and O–H groups in total. The minimum absolute atomic E-state index is 0.0282. The molecule has 2 bridgehead atoms. The van der Waals surface area contributed by atoms with Gasteiger partial charge in [-0.2, -0.15) is 0 Å². The van der Waals surface area contributed by atoms with Crippen LogP contribution in [-0.2, 0) is 14.3 Å². The summed E-state index contributed by atoms with van der Waals surface area (Å²) in [4.78, 5) is 24.0. The summed E-state index contributed by atoms with van der Waals surface area (Å²) >= 11 is 0. The minimum atomic E-state index is -1.30. The van der Waals surface area contributed by atoms with Gasteiger partial charge < -0.3 is 15.2 Å². The molecule has 0 radical (unpaired) electrons. The van der Waals surface area contributed by atoms with Gasteiger partial charge in [-0.05, 0) is 37.5 Å². The summed E-state index contributed by atoms with van der Waals surface area (Å²) in [5, 5.41) is 12.8. The Bertz CT molecular complexity index is 397. The van der Waals surface area contributed by atoms with Gasteiger partial charge in [0.15, 0.2) is 6.10 Å². The monoisotopic (exact) mass is 283 g/mol. The number of fused-ring (bicyclic) bond motifs is 2. The smallest absolute Gasteiger partial charge is 0.336 e. The quantitative estimate of drug-likeness (QED) is 0.744. The van der Waals surface area contributed by atoms with E-state index in [4.69, 9.17) is 0 Å². The Morgan fingerprint density at radius 3 is 2.60 bits per heavy atom. The van der Waals surface area contributed by atoms with E-state index in [1.165, 1.54) is 13.5 Å². The summed E-state index contributed by atoms with van der Waals surface area (Å²) < 4.78 is 4.54. The number of carbonyl (C=O) groups excluding carboxylic acids is 2. The number of nitrogens with one attached hydrogen (secondary N) is 1. The minimum Gasteiger partial charge on any atom is -0.467 e. The van der Waals surface area contributed by atoms with Crippen molar-refractivity contribution >= 4 is 11.9 Å². The molecule has 0 aliphatic heterocycles. The Kier molecular flexibility index (Phi) is 4.37. The van der Waals surface area contributed by atoms with E-state index < -0.39 is 18.1 Å². The molecule has 0 aromatic heterocycles. The molecular formula is C15H25NO4. The van der Waals surface area contributed by atoms with Crippen molar-refractivity contribution in [2.24, 2.45) is 17.3 Å². The molecule has 5 heteroatoms. The van der Waals surface area contributed by atoms with Gasteiger partial charge in [0, 0.05) is 5.41 Å². The van der Waals surface area contributed by atoms with Crippen LogP contribution < -0.4 is 5.32 Å². The summed E-state index contributed by atoms with van der Waals surface area (Å²) in [5.74, 6) is 0.386. The molecule has 5 unspecified atom stereocenters. The van der Waals surface area contributed by atoms with Gasteiger partial charge in [-0.25, -0.2) is 4.79 Å². The van der Waals surface area contributed by atoms with E-state index in [1.54, 1.807) is 0 Å². The maximum absolute atomic E-state index is 12.6. The van der Waals surface area contributed by atoms with Crippen LogP contribution in [0.3, 0.4) is 0 Å². The van der Waals surface area contributed by atoms with Crippen LogP contribution in [0.5, 0.6) is 0 Å². The van der Waals surface area contributed by atoms with Crippen molar-refractivity contribution in [1.82, 2.24) is 5.32 Å². The number of hydrogen-bond acceptors (Lipinski definition) is 4. The van der Waals surface area contributed by atoms with Gasteiger partial charge in [-0.15, -0.1) is 0 Å². The van der Waals surface area contributed by atoms with Crippen LogP contribution in [-0.4, -0.2) is 36.2 Å². The topological polar surface area (TPSA) is 75.6 Å². The molecule has 0 saturated heterocycles. The highest BCUT2D eigenvalue weighted by atomic mass is 16.5. The van der Waals surface area contributed by atoms with Gasteiger partial charge >= 0.3 is 5.97 Å². The molecule has 2 rings (SSSR count). The highest BCUT2D eigenvalue weighted by Gasteiger charge is 2.52. The summed E-state index contributed by atoms with van der Waals surface area (Å²) in [6, 6.07) is -0.578. The highest BCUT2D eigenvalue weighted by molar-refractivity contribution is 5.84. The van der Waals surface area contributed by atoms with Crippen molar-refractivity contribution in [1.29, 1.82) is 0 Å². The van der Waals surface area contributed by atoms with Crippen LogP contribution >= 0.6 is 0 Å². The van der Waals surface area contributed by atoms with Crippen molar-refractivity contribution in [3.05, 3.63) is 0 Å². The van der Waals surface area contributed by atoms with E-state index in [0.29, 0.717) is 18.3 Å². The number of aliphatic hydroxyl groups is 1. The zero-order valence-electron chi connectivity index (χ0n) is 12.5. The Hall–Kier alpha value is -1.10. The third kappa shape index (κ3) is 2.55. The molecule has 2 fully saturated rings. The molecule has 5 atom stereocenters. The van der Waals surface area contributed by atoms with Crippen molar-refractivity contribution in [3.63, 3.8) is 0 Å². The number of hydrogen-bond donors (Lipinski definition) is 2. The van der Waals surface area contributed by atoms with Crippen molar-refractivity contribution in [2.45, 2.75) is 58.1 Å². The number of rotatable bonds is 5. The number of carbonyl (C=O) groups is 2. The molecule has 1 amide bonds. The number of ether oxygens (including phenoxy) is 1. The van der Waals surface area contributed by atoms with Crippen molar-refractivity contribution in [2.75, 3.05) is 7.11 Å². The summed E-state index contributed by atoms with van der Waals surface area (Å²) in [7, 11) is 1.23. The normalized spacial score (nSPS) is 34.6. The maximum Gasteiger partial charge on any atom is 0.336 e. The van der Waals surface area contributed by atoms with E-state index in [0.717, 1.165) is 19.3 Å². The second-order valence-corrected chi connectivity index (χ2v) is 6.45. The molecule has 2 aliphatic carbocycles. The lowest BCUT2D eigenvalue weighted by atomic mass is 9.74. The van der Waals surface area contributed by atoms with Gasteiger partial charge in [-0.3, -0.25) is 4.79 Å². The van der Waals surface area contributed by atoms with Crippen LogP contribution in [0.15, 0.2) is 0 Å². The van der Waals surface area contributed by atoms with Gasteiger partial charge in [0.05, 0.1) is 13.2 Å². The molecule has 0 aromatic carbocycles. The number of methoxy groups -OCH3 is 1. The van der Waals surface area contributed by atoms with Crippen LogP contribution in [0, 0.1) is 17.3 Å². The fourth-order valence-electron chi connectivity index (χ4n) is 3.91. The largest absolute Gasteiger partial charge is 0.467 e. The van der Waals surface area contributed by atoms with Gasteiger partial charge in [-0.1, -0.05) is 20.3 Å².